The van der Waals surface area contributed by atoms with Crippen molar-refractivity contribution in [2.24, 2.45) is 4.99 Å². The van der Waals surface area contributed by atoms with Crippen LogP contribution in [0.1, 0.15) is 0 Å². The zero-order valence-electron chi connectivity index (χ0n) is 9.48. The molecule has 2 heterocycles. The van der Waals surface area contributed by atoms with Crippen LogP contribution < -0.4 is 5.32 Å². The number of nitrogens with zero attached hydrogens (tertiary/aromatic N) is 2. The lowest BCUT2D eigenvalue weighted by Gasteiger charge is -2.40. The van der Waals surface area contributed by atoms with Crippen LogP contribution in [-0.4, -0.2) is 34.8 Å². The number of rotatable bonds is 0. The third kappa shape index (κ3) is 2.35. The fourth-order valence-electron chi connectivity index (χ4n) is 1.62. The zero-order valence-corrected chi connectivity index (χ0v) is 11.0. The number of carbonyl (C=O) groups excluding carboxylic acids is 1. The van der Waals surface area contributed by atoms with Crippen molar-refractivity contribution in [2.75, 3.05) is 0 Å². The van der Waals surface area contributed by atoms with Gasteiger partial charge >= 0.3 is 24.0 Å². The quantitative estimate of drug-likeness (QED) is 0.666. The Morgan fingerprint density at radius 1 is 1.14 bits per heavy atom. The molecule has 4 nitrogen and oxygen atoms in total. The Morgan fingerprint density at radius 3 is 2.14 bits per heavy atom. The highest BCUT2D eigenvalue weighted by molar-refractivity contribution is 6.46. The number of hydrogen-bond acceptors (Lipinski definition) is 2. The number of urea groups is 1. The predicted octanol–water partition coefficient (Wildman–Crippen LogP) is 3.45. The van der Waals surface area contributed by atoms with E-state index in [2.05, 4.69) is 4.99 Å². The molecule has 0 bridgehead atoms. The summed E-state index contributed by atoms with van der Waals surface area (Å²) in [5.41, 5.74) is -4.77. The Labute approximate surface area is 122 Å². The topological polar surface area (TPSA) is 44.7 Å². The van der Waals surface area contributed by atoms with Crippen LogP contribution in [0.2, 0.25) is 0 Å². The fourth-order valence-corrected chi connectivity index (χ4v) is 2.13. The summed E-state index contributed by atoms with van der Waals surface area (Å²) in [6.07, 6.45) is -10.2. The molecule has 0 saturated heterocycles. The molecule has 2 aliphatic rings. The molecule has 1 N–H and O–H groups in total. The van der Waals surface area contributed by atoms with Crippen LogP contribution >= 0.6 is 23.2 Å². The second kappa shape index (κ2) is 4.54. The van der Waals surface area contributed by atoms with Gasteiger partial charge in [-0.05, 0) is 6.08 Å². The van der Waals surface area contributed by atoms with E-state index in [0.717, 1.165) is 17.6 Å². The summed E-state index contributed by atoms with van der Waals surface area (Å²) in [5, 5.41) is 0.0150. The second-order valence-corrected chi connectivity index (χ2v) is 4.79. The van der Waals surface area contributed by atoms with Crippen molar-refractivity contribution in [3.05, 3.63) is 22.3 Å². The molecular weight excluding hydrogens is 351 g/mol. The van der Waals surface area contributed by atoms with Crippen molar-refractivity contribution >= 4 is 35.1 Å². The summed E-state index contributed by atoms with van der Waals surface area (Å²) in [4.78, 5) is 14.5. The highest BCUT2D eigenvalue weighted by atomic mass is 35.5. The molecule has 116 valence electrons. The Bertz CT molecular complexity index is 577. The van der Waals surface area contributed by atoms with Gasteiger partial charge in [0.15, 0.2) is 5.84 Å². The first-order valence-corrected chi connectivity index (χ1v) is 5.74. The van der Waals surface area contributed by atoms with Gasteiger partial charge in [0.25, 0.3) is 0 Å². The molecule has 0 unspecified atom stereocenters. The van der Waals surface area contributed by atoms with Crippen molar-refractivity contribution in [3.63, 3.8) is 0 Å². The number of hydrogen-bond donors (Lipinski definition) is 1. The largest absolute Gasteiger partial charge is 0.441 e. The summed E-state index contributed by atoms with van der Waals surface area (Å²) in [6, 6.07) is -1.71. The molecule has 2 amide bonds. The maximum absolute atomic E-state index is 12.9. The van der Waals surface area contributed by atoms with Crippen LogP contribution in [0, 0.1) is 0 Å². The maximum atomic E-state index is 12.9. The lowest BCUT2D eigenvalue weighted by molar-refractivity contribution is -0.302. The first-order valence-electron chi connectivity index (χ1n) is 4.98. The van der Waals surface area contributed by atoms with Gasteiger partial charge in [0.1, 0.15) is 0 Å². The van der Waals surface area contributed by atoms with E-state index < -0.39 is 34.9 Å². The molecule has 0 aromatic carbocycles. The lowest BCUT2D eigenvalue weighted by atomic mass is 10.1. The average Bonchev–Trinajstić information content (AvgIpc) is 2.27. The van der Waals surface area contributed by atoms with Gasteiger partial charge in [-0.25, -0.2) is 9.79 Å². The summed E-state index contributed by atoms with van der Waals surface area (Å²) < 4.78 is 77.2. The van der Waals surface area contributed by atoms with E-state index in [-0.39, 0.29) is 5.03 Å². The van der Waals surface area contributed by atoms with Crippen LogP contribution in [0.4, 0.5) is 31.1 Å². The lowest BCUT2D eigenvalue weighted by Crippen LogP contribution is -2.71. The van der Waals surface area contributed by atoms with E-state index in [0.29, 0.717) is 4.90 Å². The number of fused-ring (bicyclic) bond motifs is 1. The number of allylic oxidation sites excluding steroid dienone is 2. The molecule has 12 heteroatoms. The fraction of sp³-hybridized carbons (Fsp3) is 0.333. The van der Waals surface area contributed by atoms with E-state index in [9.17, 15) is 31.1 Å². The molecule has 0 aromatic rings. The number of aliphatic imine (C=N–C) groups is 1. The third-order valence-corrected chi connectivity index (χ3v) is 3.04. The summed E-state index contributed by atoms with van der Waals surface area (Å²) in [5.74, 6) is -1.00. The first kappa shape index (κ1) is 16.0. The summed E-state index contributed by atoms with van der Waals surface area (Å²) >= 11 is 11.1. The van der Waals surface area contributed by atoms with Gasteiger partial charge < -0.3 is 0 Å². The number of carbonyl (C=O) groups is 1. The van der Waals surface area contributed by atoms with E-state index in [1.165, 1.54) is 0 Å². The number of halogens is 8. The minimum atomic E-state index is -5.91. The Balaban J connectivity index is 2.69. The van der Waals surface area contributed by atoms with Gasteiger partial charge in [0.2, 0.25) is 0 Å². The molecule has 0 spiro atoms. The van der Waals surface area contributed by atoms with E-state index in [1.54, 1.807) is 0 Å². The Morgan fingerprint density at radius 2 is 1.67 bits per heavy atom. The molecular formula is C9H3Cl2F6N3O. The highest BCUT2D eigenvalue weighted by Crippen LogP contribution is 2.46. The van der Waals surface area contributed by atoms with Gasteiger partial charge in [0.05, 0.1) is 10.1 Å². The van der Waals surface area contributed by atoms with Gasteiger partial charge in [-0.15, -0.1) is 0 Å². The van der Waals surface area contributed by atoms with Gasteiger partial charge in [0, 0.05) is 6.20 Å². The van der Waals surface area contributed by atoms with E-state index in [4.69, 9.17) is 23.2 Å². The summed E-state index contributed by atoms with van der Waals surface area (Å²) in [6.45, 7) is 0. The van der Waals surface area contributed by atoms with Crippen molar-refractivity contribution in [1.29, 1.82) is 0 Å². The number of amides is 2. The van der Waals surface area contributed by atoms with Gasteiger partial charge in [-0.1, -0.05) is 23.2 Å². The zero-order chi connectivity index (χ0) is 16.2. The molecule has 0 saturated carbocycles. The van der Waals surface area contributed by atoms with Crippen LogP contribution in [0.25, 0.3) is 0 Å². The molecule has 2 rings (SSSR count). The smallest absolute Gasteiger partial charge is 0.297 e. The van der Waals surface area contributed by atoms with Crippen LogP contribution in [-0.2, 0) is 0 Å². The molecule has 0 radical (unpaired) electrons. The third-order valence-electron chi connectivity index (χ3n) is 2.56. The van der Waals surface area contributed by atoms with Gasteiger partial charge in [-0.2, -0.15) is 26.3 Å². The molecule has 0 aromatic heterocycles. The Hall–Kier alpha value is -1.42. The van der Waals surface area contributed by atoms with Crippen LogP contribution in [0.3, 0.4) is 0 Å². The average molecular weight is 354 g/mol. The number of alkyl halides is 6. The standard InChI is InChI=1S/C9H3Cl2F6N3O/c10-3-1-4(11)5-18-7(8(12,13)14,9(15,16)17)19-6(21)20(5)2-3/h1-2H,(H,19,21). The predicted molar refractivity (Wildman–Crippen MR) is 60.5 cm³/mol. The van der Waals surface area contributed by atoms with Crippen molar-refractivity contribution in [1.82, 2.24) is 10.2 Å². The monoisotopic (exact) mass is 353 g/mol. The van der Waals surface area contributed by atoms with Crippen LogP contribution in [0.5, 0.6) is 0 Å². The molecule has 0 atom stereocenters. The maximum Gasteiger partial charge on any atom is 0.441 e. The molecule has 2 aliphatic heterocycles. The number of nitrogens with one attached hydrogen (secondary N) is 1. The first-order chi connectivity index (χ1) is 9.39. The molecule has 0 aliphatic carbocycles. The Kier molecular flexibility index (Phi) is 3.45. The summed E-state index contributed by atoms with van der Waals surface area (Å²) in [7, 11) is 0. The van der Waals surface area contributed by atoms with E-state index >= 15 is 0 Å². The number of amidine groups is 1. The van der Waals surface area contributed by atoms with Crippen molar-refractivity contribution in [2.45, 2.75) is 18.0 Å². The SMILES string of the molecule is O=C1NC(C(F)(F)F)(C(F)(F)F)N=C2C(Cl)=CC(Cl)=CN12. The normalized spacial score (nSPS) is 22.0. The van der Waals surface area contributed by atoms with E-state index in [1.807, 2.05) is 0 Å². The minimum absolute atomic E-state index is 0.166. The molecule has 0 fully saturated rings. The minimum Gasteiger partial charge on any atom is -0.297 e. The molecule has 21 heavy (non-hydrogen) atoms. The van der Waals surface area contributed by atoms with Crippen molar-refractivity contribution in [3.8, 4) is 0 Å². The highest BCUT2D eigenvalue weighted by Gasteiger charge is 2.74. The second-order valence-electron chi connectivity index (χ2n) is 3.95. The van der Waals surface area contributed by atoms with Crippen molar-refractivity contribution < 1.29 is 31.1 Å². The van der Waals surface area contributed by atoms with Crippen LogP contribution in [0.15, 0.2) is 27.3 Å². The van der Waals surface area contributed by atoms with Gasteiger partial charge in [-0.3, -0.25) is 10.2 Å².